The van der Waals surface area contributed by atoms with Crippen LogP contribution in [0.2, 0.25) is 0 Å². The van der Waals surface area contributed by atoms with Gasteiger partial charge in [0, 0.05) is 17.4 Å². The molecular weight excluding hydrogens is 348 g/mol. The molecule has 3 aromatic rings. The molecule has 1 aromatic heterocycles. The average molecular weight is 368 g/mol. The second-order valence-corrected chi connectivity index (χ2v) is 7.50. The Bertz CT molecular complexity index is 1010. The Morgan fingerprint density at radius 1 is 1.00 bits per heavy atom. The first-order chi connectivity index (χ1) is 12.5. The second-order valence-electron chi connectivity index (χ2n) is 5.81. The van der Waals surface area contributed by atoms with Crippen LogP contribution >= 0.6 is 0 Å². The number of aryl methyl sites for hydroxylation is 2. The summed E-state index contributed by atoms with van der Waals surface area (Å²) < 4.78 is 28.0. The second kappa shape index (κ2) is 7.53. The number of hydrogen-bond donors (Lipinski definition) is 2. The van der Waals surface area contributed by atoms with Crippen LogP contribution in [0.1, 0.15) is 18.2 Å². The van der Waals surface area contributed by atoms with Crippen LogP contribution in [0.5, 0.6) is 0 Å². The average Bonchev–Trinajstić information content (AvgIpc) is 2.62. The van der Waals surface area contributed by atoms with E-state index < -0.39 is 10.0 Å². The molecule has 0 saturated carbocycles. The van der Waals surface area contributed by atoms with Gasteiger partial charge in [-0.2, -0.15) is 0 Å². The van der Waals surface area contributed by atoms with Gasteiger partial charge in [0.05, 0.1) is 10.6 Å². The van der Waals surface area contributed by atoms with Gasteiger partial charge < -0.3 is 5.32 Å². The van der Waals surface area contributed by atoms with Gasteiger partial charge in [-0.05, 0) is 43.2 Å². The fourth-order valence-corrected chi connectivity index (χ4v) is 3.64. The SMILES string of the molecule is CCc1ccc(Nc2cc(C)ncn2)cc1NS(=O)(=O)c1ccccc1. The first-order valence-electron chi connectivity index (χ1n) is 8.24. The van der Waals surface area contributed by atoms with E-state index in [9.17, 15) is 8.42 Å². The Labute approximate surface area is 153 Å². The van der Waals surface area contributed by atoms with Crippen molar-refractivity contribution in [1.82, 2.24) is 9.97 Å². The summed E-state index contributed by atoms with van der Waals surface area (Å²) >= 11 is 0. The van der Waals surface area contributed by atoms with Crippen LogP contribution in [0.4, 0.5) is 17.2 Å². The first kappa shape index (κ1) is 17.9. The lowest BCUT2D eigenvalue weighted by atomic mass is 10.1. The van der Waals surface area contributed by atoms with Crippen LogP contribution in [-0.4, -0.2) is 18.4 Å². The molecule has 2 aromatic carbocycles. The predicted octanol–water partition coefficient (Wildman–Crippen LogP) is 3.89. The maximum absolute atomic E-state index is 12.6. The van der Waals surface area contributed by atoms with Gasteiger partial charge in [-0.1, -0.05) is 31.2 Å². The maximum atomic E-state index is 12.6. The minimum Gasteiger partial charge on any atom is -0.340 e. The van der Waals surface area contributed by atoms with E-state index >= 15 is 0 Å². The Kier molecular flexibility index (Phi) is 5.18. The van der Waals surface area contributed by atoms with Crippen LogP contribution in [-0.2, 0) is 16.4 Å². The van der Waals surface area contributed by atoms with Gasteiger partial charge in [-0.3, -0.25) is 4.72 Å². The normalized spacial score (nSPS) is 11.2. The zero-order chi connectivity index (χ0) is 18.6. The molecule has 0 fully saturated rings. The smallest absolute Gasteiger partial charge is 0.261 e. The van der Waals surface area contributed by atoms with Gasteiger partial charge in [0.2, 0.25) is 0 Å². The number of nitrogens with zero attached hydrogens (tertiary/aromatic N) is 2. The van der Waals surface area contributed by atoms with Gasteiger partial charge in [0.25, 0.3) is 10.0 Å². The largest absolute Gasteiger partial charge is 0.340 e. The molecule has 0 amide bonds. The minimum atomic E-state index is -3.65. The molecule has 0 saturated heterocycles. The van der Waals surface area contributed by atoms with E-state index in [-0.39, 0.29) is 4.90 Å². The Balaban J connectivity index is 1.91. The molecule has 0 aliphatic carbocycles. The fraction of sp³-hybridized carbons (Fsp3) is 0.158. The summed E-state index contributed by atoms with van der Waals surface area (Å²) in [6.07, 6.45) is 2.19. The van der Waals surface area contributed by atoms with Crippen molar-refractivity contribution in [2.24, 2.45) is 0 Å². The van der Waals surface area contributed by atoms with E-state index in [0.717, 1.165) is 16.9 Å². The standard InChI is InChI=1S/C19H20N4O2S/c1-3-15-9-10-16(22-19-11-14(2)20-13-21-19)12-18(15)23-26(24,25)17-7-5-4-6-8-17/h4-13,23H,3H2,1-2H3,(H,20,21,22). The molecule has 2 N–H and O–H groups in total. The molecule has 3 rings (SSSR count). The summed E-state index contributed by atoms with van der Waals surface area (Å²) in [6.45, 7) is 3.86. The fourth-order valence-electron chi connectivity index (χ4n) is 2.53. The van der Waals surface area contributed by atoms with Crippen LogP contribution in [0, 0.1) is 6.92 Å². The summed E-state index contributed by atoms with van der Waals surface area (Å²) in [6, 6.07) is 15.7. The number of hydrogen-bond acceptors (Lipinski definition) is 5. The lowest BCUT2D eigenvalue weighted by Gasteiger charge is -2.14. The highest BCUT2D eigenvalue weighted by molar-refractivity contribution is 7.92. The number of rotatable bonds is 6. The Morgan fingerprint density at radius 2 is 1.77 bits per heavy atom. The number of anilines is 3. The molecule has 6 nitrogen and oxygen atoms in total. The molecule has 134 valence electrons. The van der Waals surface area contributed by atoms with Crippen LogP contribution in [0.3, 0.4) is 0 Å². The molecular formula is C19H20N4O2S. The number of nitrogens with one attached hydrogen (secondary N) is 2. The van der Waals surface area contributed by atoms with E-state index in [4.69, 9.17) is 0 Å². The van der Waals surface area contributed by atoms with Crippen molar-refractivity contribution in [1.29, 1.82) is 0 Å². The lowest BCUT2D eigenvalue weighted by molar-refractivity contribution is 0.601. The van der Waals surface area contributed by atoms with Gasteiger partial charge in [0.15, 0.2) is 0 Å². The van der Waals surface area contributed by atoms with E-state index in [2.05, 4.69) is 20.0 Å². The summed E-state index contributed by atoms with van der Waals surface area (Å²) in [5.74, 6) is 0.651. The van der Waals surface area contributed by atoms with Gasteiger partial charge >= 0.3 is 0 Å². The van der Waals surface area contributed by atoms with Crippen molar-refractivity contribution in [2.75, 3.05) is 10.0 Å². The van der Waals surface area contributed by atoms with Crippen molar-refractivity contribution in [2.45, 2.75) is 25.2 Å². The first-order valence-corrected chi connectivity index (χ1v) is 9.73. The quantitative estimate of drug-likeness (QED) is 0.689. The van der Waals surface area contributed by atoms with Crippen molar-refractivity contribution in [3.05, 3.63) is 72.2 Å². The summed E-state index contributed by atoms with van der Waals surface area (Å²) in [5, 5.41) is 3.18. The van der Waals surface area contributed by atoms with Crippen molar-refractivity contribution in [3.63, 3.8) is 0 Å². The molecule has 0 radical (unpaired) electrons. The topological polar surface area (TPSA) is 84.0 Å². The third kappa shape index (κ3) is 4.18. The molecule has 7 heteroatoms. The molecule has 1 heterocycles. The zero-order valence-electron chi connectivity index (χ0n) is 14.6. The van der Waals surface area contributed by atoms with Gasteiger partial charge in [-0.15, -0.1) is 0 Å². The van der Waals surface area contributed by atoms with Crippen LogP contribution in [0.25, 0.3) is 0 Å². The number of benzene rings is 2. The Morgan fingerprint density at radius 3 is 2.46 bits per heavy atom. The van der Waals surface area contributed by atoms with Crippen molar-refractivity contribution >= 4 is 27.2 Å². The lowest BCUT2D eigenvalue weighted by Crippen LogP contribution is -2.14. The molecule has 0 spiro atoms. The van der Waals surface area contributed by atoms with Crippen molar-refractivity contribution in [3.8, 4) is 0 Å². The summed E-state index contributed by atoms with van der Waals surface area (Å²) in [4.78, 5) is 8.46. The summed E-state index contributed by atoms with van der Waals surface area (Å²) in [7, 11) is -3.65. The number of sulfonamides is 1. The molecule has 0 aliphatic rings. The van der Waals surface area contributed by atoms with Gasteiger partial charge in [0.1, 0.15) is 12.1 Å². The van der Waals surface area contributed by atoms with Crippen molar-refractivity contribution < 1.29 is 8.42 Å². The van der Waals surface area contributed by atoms with E-state index in [1.54, 1.807) is 36.4 Å². The highest BCUT2D eigenvalue weighted by atomic mass is 32.2. The highest BCUT2D eigenvalue weighted by Gasteiger charge is 2.15. The zero-order valence-corrected chi connectivity index (χ0v) is 15.4. The highest BCUT2D eigenvalue weighted by Crippen LogP contribution is 2.26. The Hall–Kier alpha value is -2.93. The van der Waals surface area contributed by atoms with Crippen LogP contribution < -0.4 is 10.0 Å². The molecule has 0 bridgehead atoms. The third-order valence-electron chi connectivity index (χ3n) is 3.86. The van der Waals surface area contributed by atoms with Crippen LogP contribution in [0.15, 0.2) is 65.8 Å². The molecule has 0 atom stereocenters. The van der Waals surface area contributed by atoms with E-state index in [1.165, 1.54) is 6.33 Å². The molecule has 26 heavy (non-hydrogen) atoms. The monoisotopic (exact) mass is 368 g/mol. The van der Waals surface area contributed by atoms with E-state index in [0.29, 0.717) is 17.9 Å². The van der Waals surface area contributed by atoms with E-state index in [1.807, 2.05) is 32.0 Å². The molecule has 0 unspecified atom stereocenters. The summed E-state index contributed by atoms with van der Waals surface area (Å²) in [5.41, 5.74) is 3.05. The third-order valence-corrected chi connectivity index (χ3v) is 5.25. The predicted molar refractivity (Wildman–Crippen MR) is 103 cm³/mol. The minimum absolute atomic E-state index is 0.229. The maximum Gasteiger partial charge on any atom is 0.261 e. The molecule has 0 aliphatic heterocycles. The van der Waals surface area contributed by atoms with Gasteiger partial charge in [-0.25, -0.2) is 18.4 Å². The number of aromatic nitrogens is 2.